The number of nitro groups is 1. The number of rotatable bonds is 8. The Labute approximate surface area is 172 Å². The smallest absolute Gasteiger partial charge is 0.273 e. The molecule has 0 unspecified atom stereocenters. The molecule has 0 aliphatic rings. The van der Waals surface area contributed by atoms with Crippen molar-refractivity contribution in [3.63, 3.8) is 0 Å². The van der Waals surface area contributed by atoms with Crippen LogP contribution in [0, 0.1) is 10.1 Å². The van der Waals surface area contributed by atoms with Crippen LogP contribution in [0.2, 0.25) is 0 Å². The molecule has 0 spiro atoms. The Morgan fingerprint density at radius 1 is 1.30 bits per heavy atom. The van der Waals surface area contributed by atoms with E-state index in [4.69, 9.17) is 4.74 Å². The molecule has 27 heavy (non-hydrogen) atoms. The number of nitro benzene ring substituents is 1. The normalized spacial score (nSPS) is 10.6. The predicted molar refractivity (Wildman–Crippen MR) is 110 cm³/mol. The Morgan fingerprint density at radius 2 is 1.96 bits per heavy atom. The number of nitrogens with one attached hydrogen (secondary N) is 1. The van der Waals surface area contributed by atoms with Gasteiger partial charge in [0.1, 0.15) is 12.4 Å². The quantitative estimate of drug-likeness (QED) is 0.254. The number of hydrazone groups is 1. The Bertz CT molecular complexity index is 877. The lowest BCUT2D eigenvalue weighted by molar-refractivity contribution is -0.385. The van der Waals surface area contributed by atoms with Gasteiger partial charge in [-0.15, -0.1) is 0 Å². The summed E-state index contributed by atoms with van der Waals surface area (Å²) in [5.41, 5.74) is 3.31. The van der Waals surface area contributed by atoms with Gasteiger partial charge in [-0.2, -0.15) is 5.10 Å². The minimum atomic E-state index is -0.517. The fraction of sp³-hybridized carbons (Fsp3) is 0.111. The van der Waals surface area contributed by atoms with Crippen LogP contribution in [-0.4, -0.2) is 23.7 Å². The highest BCUT2D eigenvalue weighted by molar-refractivity contribution is 9.11. The van der Waals surface area contributed by atoms with E-state index in [1.165, 1.54) is 18.3 Å². The van der Waals surface area contributed by atoms with Crippen LogP contribution in [0.25, 0.3) is 0 Å². The highest BCUT2D eigenvalue weighted by Gasteiger charge is 2.15. The number of hydrogen-bond donors (Lipinski definition) is 1. The summed E-state index contributed by atoms with van der Waals surface area (Å²) in [5, 5.41) is 14.9. The molecule has 2 aromatic rings. The number of carbonyl (C=O) groups is 1. The summed E-state index contributed by atoms with van der Waals surface area (Å²) in [7, 11) is 0. The highest BCUT2D eigenvalue weighted by Crippen LogP contribution is 2.34. The summed E-state index contributed by atoms with van der Waals surface area (Å²) >= 11 is 6.83. The number of amides is 1. The van der Waals surface area contributed by atoms with Gasteiger partial charge in [0.25, 0.3) is 5.69 Å². The molecule has 2 rings (SSSR count). The summed E-state index contributed by atoms with van der Waals surface area (Å²) in [5.74, 6) is 0.178. The van der Waals surface area contributed by atoms with Gasteiger partial charge in [0.2, 0.25) is 5.91 Å². The third-order valence-corrected chi connectivity index (χ3v) is 4.49. The number of hydrogen-bond acceptors (Lipinski definition) is 5. The van der Waals surface area contributed by atoms with Crippen molar-refractivity contribution in [2.45, 2.75) is 6.42 Å². The first-order chi connectivity index (χ1) is 12.9. The molecule has 1 amide bonds. The monoisotopic (exact) mass is 495 g/mol. The van der Waals surface area contributed by atoms with E-state index in [2.05, 4.69) is 49.0 Å². The molecular formula is C18H15Br2N3O4. The molecule has 0 heterocycles. The molecule has 0 aromatic heterocycles. The zero-order valence-corrected chi connectivity index (χ0v) is 17.2. The van der Waals surface area contributed by atoms with Gasteiger partial charge in [-0.05, 0) is 49.6 Å². The first-order valence-corrected chi connectivity index (χ1v) is 9.28. The van der Waals surface area contributed by atoms with E-state index in [1.54, 1.807) is 30.3 Å². The van der Waals surface area contributed by atoms with Crippen molar-refractivity contribution in [3.8, 4) is 5.75 Å². The van der Waals surface area contributed by atoms with E-state index in [9.17, 15) is 14.9 Å². The molecule has 7 nitrogen and oxygen atoms in total. The van der Waals surface area contributed by atoms with Gasteiger partial charge < -0.3 is 4.74 Å². The van der Waals surface area contributed by atoms with Crippen molar-refractivity contribution in [2.24, 2.45) is 5.10 Å². The van der Waals surface area contributed by atoms with Crippen LogP contribution < -0.4 is 10.2 Å². The SMILES string of the molecule is C=CCOc1c(Br)cc(/C=N\NC(=O)Cc2ccccc2[N+](=O)[O-])cc1Br. The van der Waals surface area contributed by atoms with Crippen LogP contribution in [0.15, 0.2) is 63.1 Å². The fourth-order valence-corrected chi connectivity index (χ4v) is 3.61. The van der Waals surface area contributed by atoms with E-state index in [0.29, 0.717) is 32.4 Å². The van der Waals surface area contributed by atoms with Gasteiger partial charge in [-0.1, -0.05) is 30.9 Å². The average molecular weight is 497 g/mol. The highest BCUT2D eigenvalue weighted by atomic mass is 79.9. The van der Waals surface area contributed by atoms with Gasteiger partial charge in [0.05, 0.1) is 26.5 Å². The lowest BCUT2D eigenvalue weighted by Crippen LogP contribution is -2.20. The molecule has 1 N–H and O–H groups in total. The summed E-state index contributed by atoms with van der Waals surface area (Å²) in [6.45, 7) is 3.97. The molecule has 9 heteroatoms. The second-order valence-corrected chi connectivity index (χ2v) is 6.98. The number of halogens is 2. The minimum Gasteiger partial charge on any atom is -0.487 e. The van der Waals surface area contributed by atoms with E-state index in [0.717, 1.165) is 0 Å². The topological polar surface area (TPSA) is 93.8 Å². The number of carbonyl (C=O) groups excluding carboxylic acids is 1. The van der Waals surface area contributed by atoms with Crippen LogP contribution in [0.4, 0.5) is 5.69 Å². The minimum absolute atomic E-state index is 0.0976. The van der Waals surface area contributed by atoms with Crippen molar-refractivity contribution >= 4 is 49.7 Å². The molecule has 140 valence electrons. The van der Waals surface area contributed by atoms with Crippen LogP contribution >= 0.6 is 31.9 Å². The largest absolute Gasteiger partial charge is 0.487 e. The molecule has 0 atom stereocenters. The zero-order valence-electron chi connectivity index (χ0n) is 14.0. The van der Waals surface area contributed by atoms with Gasteiger partial charge >= 0.3 is 0 Å². The molecule has 0 aliphatic heterocycles. The Balaban J connectivity index is 2.02. The maximum absolute atomic E-state index is 12.0. The van der Waals surface area contributed by atoms with Gasteiger partial charge in [-0.3, -0.25) is 14.9 Å². The van der Waals surface area contributed by atoms with Crippen LogP contribution in [0.3, 0.4) is 0 Å². The van der Waals surface area contributed by atoms with Crippen molar-refractivity contribution in [2.75, 3.05) is 6.61 Å². The van der Waals surface area contributed by atoms with E-state index in [-0.39, 0.29) is 12.1 Å². The zero-order chi connectivity index (χ0) is 19.8. The molecular weight excluding hydrogens is 482 g/mol. The lowest BCUT2D eigenvalue weighted by Gasteiger charge is -2.09. The molecule has 0 bridgehead atoms. The predicted octanol–water partition coefficient (Wildman–Crippen LogP) is 4.38. The second-order valence-electron chi connectivity index (χ2n) is 5.27. The van der Waals surface area contributed by atoms with Crippen LogP contribution in [0.5, 0.6) is 5.75 Å². The molecule has 0 saturated carbocycles. The van der Waals surface area contributed by atoms with Gasteiger partial charge in [0.15, 0.2) is 0 Å². The van der Waals surface area contributed by atoms with Gasteiger partial charge in [0, 0.05) is 11.6 Å². The lowest BCUT2D eigenvalue weighted by atomic mass is 10.1. The Kier molecular flexibility index (Phi) is 7.68. The molecule has 0 aliphatic carbocycles. The Morgan fingerprint density at radius 3 is 2.59 bits per heavy atom. The number of para-hydroxylation sites is 1. The maximum Gasteiger partial charge on any atom is 0.273 e. The average Bonchev–Trinajstić information content (AvgIpc) is 2.61. The van der Waals surface area contributed by atoms with Crippen molar-refractivity contribution in [3.05, 3.63) is 79.2 Å². The molecule has 0 saturated heterocycles. The first kappa shape index (κ1) is 20.8. The maximum atomic E-state index is 12.0. The molecule has 0 fully saturated rings. The summed E-state index contributed by atoms with van der Waals surface area (Å²) < 4.78 is 6.96. The molecule has 0 radical (unpaired) electrons. The first-order valence-electron chi connectivity index (χ1n) is 7.69. The number of benzene rings is 2. The van der Waals surface area contributed by atoms with Gasteiger partial charge in [-0.25, -0.2) is 5.43 Å². The van der Waals surface area contributed by atoms with Crippen molar-refractivity contribution in [1.82, 2.24) is 5.43 Å². The number of nitrogens with zero attached hydrogens (tertiary/aromatic N) is 2. The second kappa shape index (κ2) is 9.98. The van der Waals surface area contributed by atoms with Crippen LogP contribution in [0.1, 0.15) is 11.1 Å². The van der Waals surface area contributed by atoms with E-state index >= 15 is 0 Å². The van der Waals surface area contributed by atoms with Crippen molar-refractivity contribution in [1.29, 1.82) is 0 Å². The third-order valence-electron chi connectivity index (χ3n) is 3.31. The number of ether oxygens (including phenoxy) is 1. The standard InChI is InChI=1S/C18H15Br2N3O4/c1-2-7-27-18-14(19)8-12(9-15(18)20)11-21-22-17(24)10-13-5-3-4-6-16(13)23(25)26/h2-6,8-9,11H,1,7,10H2,(H,22,24)/b21-11-. The Hall–Kier alpha value is -2.52. The third kappa shape index (κ3) is 6.00. The fourth-order valence-electron chi connectivity index (χ4n) is 2.16. The summed E-state index contributed by atoms with van der Waals surface area (Å²) in [4.78, 5) is 22.5. The van der Waals surface area contributed by atoms with E-state index in [1.807, 2.05) is 0 Å². The molecule has 2 aromatic carbocycles. The summed E-state index contributed by atoms with van der Waals surface area (Å²) in [6, 6.07) is 9.65. The van der Waals surface area contributed by atoms with Crippen LogP contribution in [-0.2, 0) is 11.2 Å². The summed E-state index contributed by atoms with van der Waals surface area (Å²) in [6.07, 6.45) is 2.96. The van der Waals surface area contributed by atoms with E-state index < -0.39 is 10.8 Å². The van der Waals surface area contributed by atoms with Crippen molar-refractivity contribution < 1.29 is 14.5 Å².